The van der Waals surface area contributed by atoms with Crippen molar-refractivity contribution in [1.29, 1.82) is 0 Å². The zero-order chi connectivity index (χ0) is 15.2. The maximum Gasteiger partial charge on any atom is 0.146 e. The minimum atomic E-state index is -0.182. The van der Waals surface area contributed by atoms with Crippen molar-refractivity contribution in [3.05, 3.63) is 29.6 Å². The fourth-order valence-corrected chi connectivity index (χ4v) is 3.14. The molecule has 0 aliphatic heterocycles. The molecule has 2 rings (SSSR count). The molecule has 118 valence electrons. The van der Waals surface area contributed by atoms with E-state index in [1.165, 1.54) is 18.9 Å². The van der Waals surface area contributed by atoms with Gasteiger partial charge in [-0.05, 0) is 24.5 Å². The zero-order valence-corrected chi connectivity index (χ0v) is 13.1. The van der Waals surface area contributed by atoms with Crippen LogP contribution in [-0.4, -0.2) is 30.3 Å². The first kappa shape index (κ1) is 16.2. The number of para-hydroxylation sites is 1. The Labute approximate surface area is 127 Å². The van der Waals surface area contributed by atoms with Gasteiger partial charge in [0.15, 0.2) is 0 Å². The average Bonchev–Trinajstić information content (AvgIpc) is 2.97. The third kappa shape index (κ3) is 4.17. The molecule has 4 heteroatoms. The highest BCUT2D eigenvalue weighted by Crippen LogP contribution is 2.32. The Morgan fingerprint density at radius 2 is 2.05 bits per heavy atom. The van der Waals surface area contributed by atoms with Crippen LogP contribution < -0.4 is 10.2 Å². The molecule has 0 unspecified atom stereocenters. The first-order chi connectivity index (χ1) is 10.1. The number of hydrogen-bond acceptors (Lipinski definition) is 3. The van der Waals surface area contributed by atoms with Crippen LogP contribution in [0.1, 0.15) is 45.1 Å². The molecule has 0 saturated heterocycles. The van der Waals surface area contributed by atoms with Crippen molar-refractivity contribution < 1.29 is 9.50 Å². The summed E-state index contributed by atoms with van der Waals surface area (Å²) in [4.78, 5) is 2.08. The van der Waals surface area contributed by atoms with Crippen molar-refractivity contribution in [2.75, 3.05) is 18.1 Å². The highest BCUT2D eigenvalue weighted by Gasteiger charge is 2.26. The van der Waals surface area contributed by atoms with E-state index < -0.39 is 0 Å². The van der Waals surface area contributed by atoms with E-state index in [4.69, 9.17) is 0 Å². The summed E-state index contributed by atoms with van der Waals surface area (Å²) in [5, 5.41) is 12.7. The Morgan fingerprint density at radius 3 is 2.67 bits per heavy atom. The maximum absolute atomic E-state index is 14.5. The SMILES string of the molecule is CC(C)NCc1cccc(F)c1N(CCO)C1CCCC1. The molecule has 21 heavy (non-hydrogen) atoms. The van der Waals surface area contributed by atoms with Gasteiger partial charge >= 0.3 is 0 Å². The van der Waals surface area contributed by atoms with Crippen molar-refractivity contribution in [2.24, 2.45) is 0 Å². The maximum atomic E-state index is 14.5. The van der Waals surface area contributed by atoms with Gasteiger partial charge in [-0.3, -0.25) is 0 Å². The monoisotopic (exact) mass is 294 g/mol. The van der Waals surface area contributed by atoms with Crippen molar-refractivity contribution >= 4 is 5.69 Å². The second kappa shape index (κ2) is 7.76. The summed E-state index contributed by atoms with van der Waals surface area (Å²) in [6.45, 7) is 5.38. The van der Waals surface area contributed by atoms with Gasteiger partial charge in [-0.2, -0.15) is 0 Å². The van der Waals surface area contributed by atoms with Crippen molar-refractivity contribution in [1.82, 2.24) is 5.32 Å². The minimum Gasteiger partial charge on any atom is -0.395 e. The molecule has 0 bridgehead atoms. The van der Waals surface area contributed by atoms with Gasteiger partial charge in [-0.25, -0.2) is 4.39 Å². The van der Waals surface area contributed by atoms with Crippen LogP contribution in [0.3, 0.4) is 0 Å². The molecule has 0 heterocycles. The molecule has 0 spiro atoms. The van der Waals surface area contributed by atoms with E-state index >= 15 is 0 Å². The standard InChI is InChI=1S/C17H27FN2O/c1-13(2)19-12-14-6-5-9-16(18)17(14)20(10-11-21)15-7-3-4-8-15/h5-6,9,13,15,19,21H,3-4,7-8,10-12H2,1-2H3. The lowest BCUT2D eigenvalue weighted by molar-refractivity contribution is 0.296. The Morgan fingerprint density at radius 1 is 1.33 bits per heavy atom. The molecule has 3 nitrogen and oxygen atoms in total. The summed E-state index contributed by atoms with van der Waals surface area (Å²) < 4.78 is 14.5. The van der Waals surface area contributed by atoms with Gasteiger partial charge in [-0.1, -0.05) is 38.8 Å². The zero-order valence-electron chi connectivity index (χ0n) is 13.1. The van der Waals surface area contributed by atoms with Crippen LogP contribution in [-0.2, 0) is 6.54 Å². The first-order valence-corrected chi connectivity index (χ1v) is 8.01. The Hall–Kier alpha value is -1.13. The normalized spacial score (nSPS) is 15.9. The summed E-state index contributed by atoms with van der Waals surface area (Å²) in [5.74, 6) is -0.182. The predicted octanol–water partition coefficient (Wildman–Crippen LogP) is 3.07. The second-order valence-electron chi connectivity index (χ2n) is 6.14. The van der Waals surface area contributed by atoms with Gasteiger partial charge in [0.25, 0.3) is 0 Å². The van der Waals surface area contributed by atoms with E-state index in [1.54, 1.807) is 6.07 Å². The van der Waals surface area contributed by atoms with Crippen LogP contribution in [0.15, 0.2) is 18.2 Å². The average molecular weight is 294 g/mol. The Balaban J connectivity index is 2.28. The number of aliphatic hydroxyl groups is 1. The van der Waals surface area contributed by atoms with E-state index in [1.807, 2.05) is 6.07 Å². The lowest BCUT2D eigenvalue weighted by Gasteiger charge is -2.33. The number of hydrogen-bond donors (Lipinski definition) is 2. The topological polar surface area (TPSA) is 35.5 Å². The van der Waals surface area contributed by atoms with Crippen LogP contribution >= 0.6 is 0 Å². The van der Waals surface area contributed by atoms with Crippen LogP contribution in [0.5, 0.6) is 0 Å². The summed E-state index contributed by atoms with van der Waals surface area (Å²) in [6.07, 6.45) is 4.57. The fraction of sp³-hybridized carbons (Fsp3) is 0.647. The molecule has 2 N–H and O–H groups in total. The fourth-order valence-electron chi connectivity index (χ4n) is 3.14. The van der Waals surface area contributed by atoms with E-state index in [9.17, 15) is 9.50 Å². The predicted molar refractivity (Wildman–Crippen MR) is 85.1 cm³/mol. The van der Waals surface area contributed by atoms with Gasteiger partial charge < -0.3 is 15.3 Å². The highest BCUT2D eigenvalue weighted by molar-refractivity contribution is 5.56. The van der Waals surface area contributed by atoms with Gasteiger partial charge in [0.2, 0.25) is 0 Å². The number of benzene rings is 1. The van der Waals surface area contributed by atoms with Crippen LogP contribution in [0, 0.1) is 5.82 Å². The highest BCUT2D eigenvalue weighted by atomic mass is 19.1. The number of nitrogens with one attached hydrogen (secondary N) is 1. The third-order valence-corrected chi connectivity index (χ3v) is 4.16. The third-order valence-electron chi connectivity index (χ3n) is 4.16. The van der Waals surface area contributed by atoms with E-state index in [-0.39, 0.29) is 12.4 Å². The molecule has 1 aliphatic carbocycles. The number of halogens is 1. The molecular formula is C17H27FN2O. The van der Waals surface area contributed by atoms with E-state index in [2.05, 4.69) is 24.1 Å². The minimum absolute atomic E-state index is 0.0574. The Kier molecular flexibility index (Phi) is 6.00. The van der Waals surface area contributed by atoms with Gasteiger partial charge in [0.1, 0.15) is 5.82 Å². The molecular weight excluding hydrogens is 267 g/mol. The van der Waals surface area contributed by atoms with Crippen molar-refractivity contribution in [2.45, 2.75) is 58.2 Å². The van der Waals surface area contributed by atoms with Crippen LogP contribution in [0.25, 0.3) is 0 Å². The number of aliphatic hydroxyl groups excluding tert-OH is 1. The lowest BCUT2D eigenvalue weighted by atomic mass is 10.1. The van der Waals surface area contributed by atoms with E-state index in [0.29, 0.717) is 30.9 Å². The summed E-state index contributed by atoms with van der Waals surface area (Å²) >= 11 is 0. The second-order valence-corrected chi connectivity index (χ2v) is 6.14. The number of rotatable bonds is 7. The molecule has 1 aromatic rings. The molecule has 1 aromatic carbocycles. The molecule has 1 fully saturated rings. The Bertz CT molecular complexity index is 444. The summed E-state index contributed by atoms with van der Waals surface area (Å²) in [5.41, 5.74) is 1.65. The molecule has 0 amide bonds. The molecule has 1 aliphatic rings. The van der Waals surface area contributed by atoms with Gasteiger partial charge in [0, 0.05) is 25.2 Å². The quantitative estimate of drug-likeness (QED) is 0.811. The largest absolute Gasteiger partial charge is 0.395 e. The summed E-state index contributed by atoms with van der Waals surface area (Å²) in [7, 11) is 0. The van der Waals surface area contributed by atoms with Crippen molar-refractivity contribution in [3.63, 3.8) is 0 Å². The van der Waals surface area contributed by atoms with E-state index in [0.717, 1.165) is 18.4 Å². The number of anilines is 1. The summed E-state index contributed by atoms with van der Waals surface area (Å²) in [6, 6.07) is 5.98. The van der Waals surface area contributed by atoms with Gasteiger partial charge in [-0.15, -0.1) is 0 Å². The first-order valence-electron chi connectivity index (χ1n) is 8.01. The molecule has 1 saturated carbocycles. The number of nitrogens with zero attached hydrogens (tertiary/aromatic N) is 1. The van der Waals surface area contributed by atoms with Crippen LogP contribution in [0.4, 0.5) is 10.1 Å². The lowest BCUT2D eigenvalue weighted by Crippen LogP contribution is -2.37. The smallest absolute Gasteiger partial charge is 0.146 e. The van der Waals surface area contributed by atoms with Gasteiger partial charge in [0.05, 0.1) is 12.3 Å². The van der Waals surface area contributed by atoms with Crippen LogP contribution in [0.2, 0.25) is 0 Å². The molecule has 0 atom stereocenters. The molecule has 0 aromatic heterocycles. The molecule has 0 radical (unpaired) electrons. The van der Waals surface area contributed by atoms with Crippen molar-refractivity contribution in [3.8, 4) is 0 Å².